The molecule has 3 fully saturated rings. The number of nitrogens with zero attached hydrogens (tertiary/aromatic N) is 1. The molecule has 1 aromatic rings. The molecule has 17 heteroatoms. The van der Waals surface area contributed by atoms with Gasteiger partial charge in [-0.3, -0.25) is 14.4 Å². The third kappa shape index (κ3) is 12.0. The largest absolute Gasteiger partial charge is 0.463 e. The zero-order valence-corrected chi connectivity index (χ0v) is 32.4. The molecule has 312 valence electrons. The normalized spacial score (nSPS) is 35.3. The van der Waals surface area contributed by atoms with Crippen LogP contribution in [0.3, 0.4) is 0 Å². The molecule has 0 aromatic heterocycles. The number of β-amino-alcohol motifs (C(OH)–C–C–N with tert-alkyl or cyclic N) is 1. The van der Waals surface area contributed by atoms with Crippen LogP contribution >= 0.6 is 0 Å². The van der Waals surface area contributed by atoms with Crippen LogP contribution in [-0.4, -0.2) is 154 Å². The molecule has 0 unspecified atom stereocenters. The summed E-state index contributed by atoms with van der Waals surface area (Å²) in [7, 11) is 0. The van der Waals surface area contributed by atoms with E-state index in [2.05, 4.69) is 10.6 Å². The maximum atomic E-state index is 12.9. The van der Waals surface area contributed by atoms with E-state index in [4.69, 9.17) is 23.7 Å². The lowest BCUT2D eigenvalue weighted by molar-refractivity contribution is -0.355. The van der Waals surface area contributed by atoms with Gasteiger partial charge < -0.3 is 69.9 Å². The minimum atomic E-state index is -1.80. The second-order valence-corrected chi connectivity index (χ2v) is 14.9. The summed E-state index contributed by atoms with van der Waals surface area (Å²) in [5.41, 5.74) is 0.743. The molecule has 0 bridgehead atoms. The summed E-state index contributed by atoms with van der Waals surface area (Å²) in [4.78, 5) is 39.8. The fourth-order valence-corrected chi connectivity index (χ4v) is 6.56. The number of hydrogen-bond donors (Lipinski definition) is 8. The quantitative estimate of drug-likeness (QED) is 0.132. The molecule has 3 heterocycles. The van der Waals surface area contributed by atoms with Crippen molar-refractivity contribution in [1.82, 2.24) is 15.5 Å². The first-order chi connectivity index (χ1) is 26.1. The van der Waals surface area contributed by atoms with E-state index in [1.807, 2.05) is 20.8 Å². The van der Waals surface area contributed by atoms with E-state index in [0.717, 1.165) is 5.56 Å². The summed E-state index contributed by atoms with van der Waals surface area (Å²) in [6.45, 7) is 9.76. The fourth-order valence-electron chi connectivity index (χ4n) is 6.56. The summed E-state index contributed by atoms with van der Waals surface area (Å²) in [6.07, 6.45) is -13.4. The summed E-state index contributed by atoms with van der Waals surface area (Å²) in [5, 5.41) is 70.6. The number of aliphatic hydroxyl groups excluding tert-OH is 6. The molecule has 8 N–H and O–H groups in total. The van der Waals surface area contributed by atoms with Crippen LogP contribution in [0.5, 0.6) is 5.75 Å². The van der Waals surface area contributed by atoms with E-state index in [-0.39, 0.29) is 36.4 Å². The highest BCUT2D eigenvalue weighted by Crippen LogP contribution is 2.31. The highest BCUT2D eigenvalue weighted by atomic mass is 16.8. The third-order valence-corrected chi connectivity index (χ3v) is 10.6. The first-order valence-electron chi connectivity index (χ1n) is 19.4. The van der Waals surface area contributed by atoms with E-state index in [1.165, 1.54) is 6.92 Å². The SMILES string of the molecule is CC[C@H](C)C(=O)OC[C@H]1O[C@@H](O[C@H]2[C@H](Oc3ccc([C@@H]4CC(=O)NCCCN(C(=O)[C@@H](C)CC)C[C@H](O)CCN4)cc3)O[C@@H](C)[C@H](O)[C@H]2O)[C@H](O)[C@@H](O)[C@@H]1O. The van der Waals surface area contributed by atoms with Gasteiger partial charge in [-0.05, 0) is 56.8 Å². The number of carbonyl (C=O) groups is 3. The number of hydrogen-bond acceptors (Lipinski definition) is 15. The Labute approximate surface area is 322 Å². The summed E-state index contributed by atoms with van der Waals surface area (Å²) < 4.78 is 28.8. The van der Waals surface area contributed by atoms with Crippen LogP contribution in [0.4, 0.5) is 0 Å². The van der Waals surface area contributed by atoms with Crippen molar-refractivity contribution in [2.24, 2.45) is 11.8 Å². The highest BCUT2D eigenvalue weighted by molar-refractivity contribution is 5.78. The first-order valence-corrected chi connectivity index (χ1v) is 19.4. The smallest absolute Gasteiger partial charge is 0.308 e. The Hall–Kier alpha value is -2.97. The van der Waals surface area contributed by atoms with Crippen LogP contribution in [0.1, 0.15) is 78.3 Å². The van der Waals surface area contributed by atoms with Gasteiger partial charge in [0.2, 0.25) is 18.1 Å². The Balaban J connectivity index is 1.44. The second-order valence-electron chi connectivity index (χ2n) is 14.9. The highest BCUT2D eigenvalue weighted by Gasteiger charge is 2.51. The summed E-state index contributed by atoms with van der Waals surface area (Å²) in [5.74, 6) is -1.05. The van der Waals surface area contributed by atoms with Gasteiger partial charge in [-0.1, -0.05) is 39.8 Å². The molecule has 4 rings (SSSR count). The van der Waals surface area contributed by atoms with Crippen molar-refractivity contribution < 1.29 is 68.7 Å². The average molecular weight is 784 g/mol. The van der Waals surface area contributed by atoms with Crippen LogP contribution in [-0.2, 0) is 33.3 Å². The minimum Gasteiger partial charge on any atom is -0.463 e. The number of ether oxygens (including phenoxy) is 5. The third-order valence-electron chi connectivity index (χ3n) is 10.6. The Morgan fingerprint density at radius 3 is 2.25 bits per heavy atom. The van der Waals surface area contributed by atoms with Crippen LogP contribution in [0.25, 0.3) is 0 Å². The van der Waals surface area contributed by atoms with Gasteiger partial charge in [0.1, 0.15) is 49.0 Å². The van der Waals surface area contributed by atoms with Gasteiger partial charge in [0.15, 0.2) is 12.4 Å². The number of benzene rings is 1. The van der Waals surface area contributed by atoms with E-state index in [0.29, 0.717) is 45.3 Å². The maximum absolute atomic E-state index is 12.9. The van der Waals surface area contributed by atoms with Crippen LogP contribution in [0.15, 0.2) is 24.3 Å². The summed E-state index contributed by atoms with van der Waals surface area (Å²) in [6, 6.07) is 6.30. The Bertz CT molecular complexity index is 1370. The Morgan fingerprint density at radius 1 is 0.891 bits per heavy atom. The molecular weight excluding hydrogens is 722 g/mol. The number of rotatable bonds is 11. The molecule has 1 aromatic carbocycles. The minimum absolute atomic E-state index is 0.0172. The predicted octanol–water partition coefficient (Wildman–Crippen LogP) is -0.519. The average Bonchev–Trinajstić information content (AvgIpc) is 3.19. The van der Waals surface area contributed by atoms with E-state index in [9.17, 15) is 45.0 Å². The molecule has 3 saturated heterocycles. The van der Waals surface area contributed by atoms with Crippen LogP contribution < -0.4 is 15.4 Å². The van der Waals surface area contributed by atoms with Gasteiger partial charge in [-0.15, -0.1) is 0 Å². The van der Waals surface area contributed by atoms with Crippen molar-refractivity contribution in [3.63, 3.8) is 0 Å². The number of carbonyl (C=O) groups excluding carboxylic acids is 3. The molecule has 3 aliphatic rings. The lowest BCUT2D eigenvalue weighted by Crippen LogP contribution is -2.64. The maximum Gasteiger partial charge on any atom is 0.308 e. The van der Waals surface area contributed by atoms with Crippen molar-refractivity contribution in [1.29, 1.82) is 0 Å². The zero-order valence-electron chi connectivity index (χ0n) is 32.4. The second kappa shape index (κ2) is 21.0. The number of nitrogens with one attached hydrogen (secondary N) is 2. The lowest BCUT2D eigenvalue weighted by atomic mass is 9.97. The van der Waals surface area contributed by atoms with Gasteiger partial charge in [-0.2, -0.15) is 0 Å². The van der Waals surface area contributed by atoms with Crippen molar-refractivity contribution in [2.75, 3.05) is 32.8 Å². The number of amides is 2. The topological polar surface area (TPSA) is 246 Å². The zero-order chi connectivity index (χ0) is 40.4. The van der Waals surface area contributed by atoms with Gasteiger partial charge in [0.25, 0.3) is 0 Å². The van der Waals surface area contributed by atoms with Crippen LogP contribution in [0.2, 0.25) is 0 Å². The van der Waals surface area contributed by atoms with Gasteiger partial charge in [0, 0.05) is 38.0 Å². The number of aliphatic hydroxyl groups is 6. The first kappa shape index (κ1) is 44.7. The molecular formula is C38H61N3O14. The molecule has 0 saturated carbocycles. The van der Waals surface area contributed by atoms with Gasteiger partial charge in [-0.25, -0.2) is 0 Å². The van der Waals surface area contributed by atoms with E-state index < -0.39 is 92.1 Å². The Kier molecular flexibility index (Phi) is 17.1. The molecule has 14 atom stereocenters. The predicted molar refractivity (Wildman–Crippen MR) is 195 cm³/mol. The van der Waals surface area contributed by atoms with Crippen molar-refractivity contribution >= 4 is 17.8 Å². The molecule has 0 radical (unpaired) electrons. The number of esters is 1. The van der Waals surface area contributed by atoms with Crippen LogP contribution in [0, 0.1) is 11.8 Å². The molecule has 2 amide bonds. The van der Waals surface area contributed by atoms with E-state index >= 15 is 0 Å². The molecule has 0 aliphatic carbocycles. The Morgan fingerprint density at radius 2 is 1.58 bits per heavy atom. The molecule has 0 spiro atoms. The monoisotopic (exact) mass is 783 g/mol. The molecule has 17 nitrogen and oxygen atoms in total. The molecule has 3 aliphatic heterocycles. The van der Waals surface area contributed by atoms with E-state index in [1.54, 1.807) is 36.1 Å². The lowest BCUT2D eigenvalue weighted by Gasteiger charge is -2.45. The van der Waals surface area contributed by atoms with Gasteiger partial charge in [0.05, 0.1) is 18.1 Å². The standard InChI is InChI=1S/C38H61N3O14/c1-6-20(3)35(49)41-16-8-14-40-28(43)17-26(39-15-13-24(42)18-41)23-9-11-25(12-10-23)53-38-34(32(47)29(44)22(5)52-38)55-37-33(48)31(46)30(45)27(54-37)19-51-36(50)21(4)7-2/h9-12,20-22,24,26-27,29-34,37-39,42,44-48H,6-8,13-19H2,1-5H3,(H,40,43)/t20-,21-,22-,24+,26-,27+,29-,30+,31-,32+,33+,34+,37-,38-/m0/s1. The molecule has 55 heavy (non-hydrogen) atoms. The van der Waals surface area contributed by atoms with Crippen molar-refractivity contribution in [2.45, 2.75) is 140 Å². The van der Waals surface area contributed by atoms with Crippen molar-refractivity contribution in [3.8, 4) is 5.75 Å². The van der Waals surface area contributed by atoms with Gasteiger partial charge >= 0.3 is 5.97 Å². The summed E-state index contributed by atoms with van der Waals surface area (Å²) >= 11 is 0. The fraction of sp³-hybridized carbons (Fsp3) is 0.763. The van der Waals surface area contributed by atoms with Crippen molar-refractivity contribution in [3.05, 3.63) is 29.8 Å².